The van der Waals surface area contributed by atoms with E-state index in [9.17, 15) is 9.59 Å². The number of nitrogens with one attached hydrogen (secondary N) is 1. The van der Waals surface area contributed by atoms with Crippen molar-refractivity contribution in [1.29, 1.82) is 0 Å². The Bertz CT molecular complexity index is 415. The van der Waals surface area contributed by atoms with E-state index in [0.29, 0.717) is 16.7 Å². The molecule has 6 heteroatoms. The van der Waals surface area contributed by atoms with Crippen LogP contribution in [0.2, 0.25) is 0 Å². The van der Waals surface area contributed by atoms with Gasteiger partial charge in [0.15, 0.2) is 4.67 Å². The average molecular weight is 304 g/mol. The number of hydrogen-bond donors (Lipinski definition) is 2. The van der Waals surface area contributed by atoms with Crippen LogP contribution in [0, 0.1) is 5.92 Å². The minimum atomic E-state index is -1.03. The smallest absolute Gasteiger partial charge is 0.326 e. The van der Waals surface area contributed by atoms with Crippen LogP contribution in [0.3, 0.4) is 0 Å². The Morgan fingerprint density at radius 2 is 2.24 bits per heavy atom. The lowest BCUT2D eigenvalue weighted by atomic mass is 9.99. The fourth-order valence-electron chi connectivity index (χ4n) is 1.36. The number of carbonyl (C=O) groups is 2. The number of carboxylic acid groups (broad SMARTS) is 1. The van der Waals surface area contributed by atoms with Gasteiger partial charge in [-0.05, 0) is 27.9 Å². The van der Waals surface area contributed by atoms with E-state index < -0.39 is 17.9 Å². The van der Waals surface area contributed by atoms with Crippen LogP contribution in [0.1, 0.15) is 30.6 Å². The Hall–Kier alpha value is -1.30. The minimum Gasteiger partial charge on any atom is -0.480 e. The normalized spacial score (nSPS) is 14.1. The van der Waals surface area contributed by atoms with E-state index in [-0.39, 0.29) is 5.92 Å². The first-order valence-corrected chi connectivity index (χ1v) is 6.03. The number of carboxylic acids is 1. The number of hydrogen-bond acceptors (Lipinski definition) is 3. The van der Waals surface area contributed by atoms with Gasteiger partial charge in [0, 0.05) is 0 Å². The molecule has 1 heterocycles. The molecule has 5 nitrogen and oxygen atoms in total. The molecular weight excluding hydrogens is 290 g/mol. The summed E-state index contributed by atoms with van der Waals surface area (Å²) in [7, 11) is 0. The predicted molar refractivity (Wildman–Crippen MR) is 64.8 cm³/mol. The van der Waals surface area contributed by atoms with Gasteiger partial charge in [0.05, 0.1) is 11.8 Å². The van der Waals surface area contributed by atoms with E-state index in [0.717, 1.165) is 0 Å². The van der Waals surface area contributed by atoms with Crippen LogP contribution >= 0.6 is 15.9 Å². The molecule has 0 aliphatic rings. The first-order chi connectivity index (χ1) is 7.97. The van der Waals surface area contributed by atoms with Crippen molar-refractivity contribution in [2.45, 2.75) is 26.3 Å². The largest absolute Gasteiger partial charge is 0.480 e. The first-order valence-electron chi connectivity index (χ1n) is 5.24. The third-order valence-electron chi connectivity index (χ3n) is 2.63. The molecule has 17 heavy (non-hydrogen) atoms. The van der Waals surface area contributed by atoms with Crippen molar-refractivity contribution in [1.82, 2.24) is 5.32 Å². The fourth-order valence-corrected chi connectivity index (χ4v) is 1.78. The maximum absolute atomic E-state index is 11.8. The van der Waals surface area contributed by atoms with Crippen LogP contribution < -0.4 is 5.32 Å². The Morgan fingerprint density at radius 3 is 2.65 bits per heavy atom. The van der Waals surface area contributed by atoms with Gasteiger partial charge in [-0.25, -0.2) is 4.79 Å². The highest BCUT2D eigenvalue weighted by atomic mass is 79.9. The number of amides is 1. The molecule has 0 saturated heterocycles. The number of aliphatic carboxylic acids is 1. The van der Waals surface area contributed by atoms with E-state index >= 15 is 0 Å². The maximum atomic E-state index is 11.8. The van der Waals surface area contributed by atoms with Crippen molar-refractivity contribution < 1.29 is 19.1 Å². The van der Waals surface area contributed by atoms with Gasteiger partial charge in [-0.15, -0.1) is 0 Å². The second kappa shape index (κ2) is 5.86. The molecular formula is C11H14BrNO4. The summed E-state index contributed by atoms with van der Waals surface area (Å²) in [6.45, 7) is 3.66. The molecule has 0 spiro atoms. The van der Waals surface area contributed by atoms with Crippen LogP contribution in [-0.2, 0) is 4.79 Å². The number of rotatable bonds is 5. The molecule has 0 bridgehead atoms. The molecule has 2 N–H and O–H groups in total. The first kappa shape index (κ1) is 13.8. The molecule has 1 aromatic heterocycles. The van der Waals surface area contributed by atoms with E-state index in [4.69, 9.17) is 9.52 Å². The summed E-state index contributed by atoms with van der Waals surface area (Å²) < 4.78 is 5.22. The standard InChI is InChI=1S/C11H14BrNO4/c1-3-6(2)8(11(15)16)13-10(14)7-4-5-17-9(7)12/h4-6,8H,3H2,1-2H3,(H,13,14)(H,15,16). The van der Waals surface area contributed by atoms with Gasteiger partial charge in [-0.1, -0.05) is 20.3 Å². The average Bonchev–Trinajstić information content (AvgIpc) is 2.70. The zero-order chi connectivity index (χ0) is 13.0. The van der Waals surface area contributed by atoms with Crippen LogP contribution in [0.25, 0.3) is 0 Å². The predicted octanol–water partition coefficient (Wildman–Crippen LogP) is 2.27. The summed E-state index contributed by atoms with van der Waals surface area (Å²) in [6.07, 6.45) is 2.03. The molecule has 94 valence electrons. The summed E-state index contributed by atoms with van der Waals surface area (Å²) in [5.41, 5.74) is 0.291. The third kappa shape index (κ3) is 3.33. The Morgan fingerprint density at radius 1 is 1.59 bits per heavy atom. The Labute approximate surface area is 107 Å². The Balaban J connectivity index is 2.78. The van der Waals surface area contributed by atoms with Gasteiger partial charge < -0.3 is 14.8 Å². The second-order valence-electron chi connectivity index (χ2n) is 3.78. The Kier molecular flexibility index (Phi) is 4.74. The van der Waals surface area contributed by atoms with Crippen LogP contribution in [0.4, 0.5) is 0 Å². The van der Waals surface area contributed by atoms with E-state index in [2.05, 4.69) is 21.2 Å². The third-order valence-corrected chi connectivity index (χ3v) is 3.24. The van der Waals surface area contributed by atoms with Gasteiger partial charge in [0.1, 0.15) is 6.04 Å². The monoisotopic (exact) mass is 303 g/mol. The van der Waals surface area contributed by atoms with Gasteiger partial charge in [-0.2, -0.15) is 0 Å². The fraction of sp³-hybridized carbons (Fsp3) is 0.455. The maximum Gasteiger partial charge on any atom is 0.326 e. The van der Waals surface area contributed by atoms with Crippen molar-refractivity contribution in [3.63, 3.8) is 0 Å². The molecule has 0 aliphatic carbocycles. The van der Waals surface area contributed by atoms with Crippen molar-refractivity contribution in [2.24, 2.45) is 5.92 Å². The van der Waals surface area contributed by atoms with Crippen molar-refractivity contribution in [3.05, 3.63) is 22.6 Å². The zero-order valence-electron chi connectivity index (χ0n) is 9.57. The summed E-state index contributed by atoms with van der Waals surface area (Å²) in [6, 6.07) is 0.587. The summed E-state index contributed by atoms with van der Waals surface area (Å²) in [5.74, 6) is -1.63. The highest BCUT2D eigenvalue weighted by molar-refractivity contribution is 9.10. The van der Waals surface area contributed by atoms with Gasteiger partial charge in [0.2, 0.25) is 0 Å². The summed E-state index contributed by atoms with van der Waals surface area (Å²) >= 11 is 3.07. The molecule has 2 unspecified atom stereocenters. The van der Waals surface area contributed by atoms with E-state index in [1.807, 2.05) is 6.92 Å². The van der Waals surface area contributed by atoms with Crippen molar-refractivity contribution >= 4 is 27.8 Å². The summed E-state index contributed by atoms with van der Waals surface area (Å²) in [4.78, 5) is 22.8. The highest BCUT2D eigenvalue weighted by Gasteiger charge is 2.26. The molecule has 0 fully saturated rings. The molecule has 0 aliphatic heterocycles. The van der Waals surface area contributed by atoms with E-state index in [1.165, 1.54) is 12.3 Å². The lowest BCUT2D eigenvalue weighted by molar-refractivity contribution is -0.140. The highest BCUT2D eigenvalue weighted by Crippen LogP contribution is 2.18. The number of furan rings is 1. The van der Waals surface area contributed by atoms with Crippen molar-refractivity contribution in [3.8, 4) is 0 Å². The van der Waals surface area contributed by atoms with Gasteiger partial charge in [0.25, 0.3) is 5.91 Å². The molecule has 1 amide bonds. The molecule has 2 atom stereocenters. The molecule has 0 radical (unpaired) electrons. The van der Waals surface area contributed by atoms with Crippen LogP contribution in [0.15, 0.2) is 21.4 Å². The molecule has 0 saturated carbocycles. The SMILES string of the molecule is CCC(C)C(NC(=O)c1ccoc1Br)C(=O)O. The number of carbonyl (C=O) groups excluding carboxylic acids is 1. The zero-order valence-corrected chi connectivity index (χ0v) is 11.2. The lowest BCUT2D eigenvalue weighted by Gasteiger charge is -2.19. The van der Waals surface area contributed by atoms with Crippen LogP contribution in [0.5, 0.6) is 0 Å². The molecule has 0 aromatic carbocycles. The van der Waals surface area contributed by atoms with Crippen molar-refractivity contribution in [2.75, 3.05) is 0 Å². The van der Waals surface area contributed by atoms with Gasteiger partial charge >= 0.3 is 5.97 Å². The summed E-state index contributed by atoms with van der Waals surface area (Å²) in [5, 5.41) is 11.5. The number of halogens is 1. The minimum absolute atomic E-state index is 0.137. The molecule has 1 aromatic rings. The second-order valence-corrected chi connectivity index (χ2v) is 4.50. The van der Waals surface area contributed by atoms with Crippen LogP contribution in [-0.4, -0.2) is 23.0 Å². The molecule has 1 rings (SSSR count). The quantitative estimate of drug-likeness (QED) is 0.874. The van der Waals surface area contributed by atoms with E-state index in [1.54, 1.807) is 6.92 Å². The van der Waals surface area contributed by atoms with Gasteiger partial charge in [-0.3, -0.25) is 4.79 Å². The lowest BCUT2D eigenvalue weighted by Crippen LogP contribution is -2.45. The topological polar surface area (TPSA) is 79.5 Å².